The Kier molecular flexibility index (Phi) is 5.38. The molecule has 0 aromatic carbocycles. The van der Waals surface area contributed by atoms with E-state index in [9.17, 15) is 4.79 Å². The fourth-order valence-corrected chi connectivity index (χ4v) is 1.52. The van der Waals surface area contributed by atoms with Gasteiger partial charge in [-0.1, -0.05) is 0 Å². The number of carbonyl (C=O) groups is 1. The van der Waals surface area contributed by atoms with Gasteiger partial charge >= 0.3 is 0 Å². The van der Waals surface area contributed by atoms with Crippen molar-refractivity contribution < 1.29 is 14.6 Å². The van der Waals surface area contributed by atoms with Gasteiger partial charge in [-0.2, -0.15) is 0 Å². The molecule has 2 N–H and O–H groups in total. The van der Waals surface area contributed by atoms with Crippen LogP contribution < -0.4 is 15.0 Å². The topological polar surface area (TPSA) is 74.7 Å². The first-order chi connectivity index (χ1) is 8.60. The smallest absolute Gasteiger partial charge is 0.239 e. The molecule has 1 rings (SSSR count). The minimum atomic E-state index is -0.168. The van der Waals surface area contributed by atoms with E-state index in [1.165, 1.54) is 7.11 Å². The lowest BCUT2D eigenvalue weighted by Gasteiger charge is -2.19. The van der Waals surface area contributed by atoms with Crippen molar-refractivity contribution in [1.82, 2.24) is 4.98 Å². The largest absolute Gasteiger partial charge is 0.479 e. The molecule has 100 valence electrons. The molecule has 1 heterocycles. The highest BCUT2D eigenvalue weighted by Crippen LogP contribution is 2.31. The molecule has 0 aliphatic carbocycles. The van der Waals surface area contributed by atoms with Crippen LogP contribution in [0.1, 0.15) is 12.8 Å². The minimum absolute atomic E-state index is 0.00185. The van der Waals surface area contributed by atoms with Crippen LogP contribution in [0.2, 0.25) is 0 Å². The number of pyridine rings is 1. The van der Waals surface area contributed by atoms with Crippen molar-refractivity contribution in [3.63, 3.8) is 0 Å². The third-order valence-electron chi connectivity index (χ3n) is 2.40. The second-order valence-corrected chi connectivity index (χ2v) is 3.98. The molecule has 0 unspecified atom stereocenters. The van der Waals surface area contributed by atoms with Crippen molar-refractivity contribution in [2.45, 2.75) is 12.8 Å². The molecule has 0 bridgehead atoms. The SMILES string of the molecule is COc1nccc(N(C)C)c1NC(=O)CCCO. The van der Waals surface area contributed by atoms with Crippen LogP contribution in [-0.2, 0) is 4.79 Å². The third-order valence-corrected chi connectivity index (χ3v) is 2.40. The molecule has 0 atom stereocenters. The van der Waals surface area contributed by atoms with Crippen LogP contribution in [0.25, 0.3) is 0 Å². The van der Waals surface area contributed by atoms with Gasteiger partial charge in [0.25, 0.3) is 0 Å². The van der Waals surface area contributed by atoms with Gasteiger partial charge in [-0.25, -0.2) is 4.98 Å². The predicted molar refractivity (Wildman–Crippen MR) is 70.1 cm³/mol. The lowest BCUT2D eigenvalue weighted by atomic mass is 10.2. The van der Waals surface area contributed by atoms with E-state index in [0.717, 1.165) is 5.69 Å². The molecule has 0 fully saturated rings. The number of rotatable bonds is 6. The average Bonchev–Trinajstić information content (AvgIpc) is 2.36. The van der Waals surface area contributed by atoms with Crippen LogP contribution in [0.15, 0.2) is 12.3 Å². The highest BCUT2D eigenvalue weighted by molar-refractivity contribution is 5.95. The number of methoxy groups -OCH3 is 1. The van der Waals surface area contributed by atoms with Gasteiger partial charge in [0.15, 0.2) is 0 Å². The maximum atomic E-state index is 11.7. The van der Waals surface area contributed by atoms with Gasteiger partial charge in [0.1, 0.15) is 5.69 Å². The molecule has 1 aromatic rings. The van der Waals surface area contributed by atoms with Crippen LogP contribution in [0.3, 0.4) is 0 Å². The molecule has 0 saturated heterocycles. The van der Waals surface area contributed by atoms with E-state index in [1.807, 2.05) is 19.0 Å². The minimum Gasteiger partial charge on any atom is -0.479 e. The maximum absolute atomic E-state index is 11.7. The molecule has 1 aromatic heterocycles. The summed E-state index contributed by atoms with van der Waals surface area (Å²) in [5, 5.41) is 11.5. The van der Waals surface area contributed by atoms with Crippen molar-refractivity contribution in [1.29, 1.82) is 0 Å². The first kappa shape index (κ1) is 14.2. The summed E-state index contributed by atoms with van der Waals surface area (Å²) in [5.74, 6) is 0.206. The number of amides is 1. The first-order valence-electron chi connectivity index (χ1n) is 5.71. The van der Waals surface area contributed by atoms with Crippen molar-refractivity contribution in [3.8, 4) is 5.88 Å². The zero-order chi connectivity index (χ0) is 13.5. The second kappa shape index (κ2) is 6.80. The number of hydrogen-bond donors (Lipinski definition) is 2. The van der Waals surface area contributed by atoms with Crippen molar-refractivity contribution >= 4 is 17.3 Å². The monoisotopic (exact) mass is 253 g/mol. The molecular formula is C12H19N3O3. The molecule has 0 aliphatic heterocycles. The Labute approximate surface area is 107 Å². The summed E-state index contributed by atoms with van der Waals surface area (Å²) in [6.45, 7) is -0.00185. The molecule has 0 spiro atoms. The van der Waals surface area contributed by atoms with Crippen molar-refractivity contribution in [3.05, 3.63) is 12.3 Å². The summed E-state index contributed by atoms with van der Waals surface area (Å²) in [6, 6.07) is 1.80. The molecule has 6 nitrogen and oxygen atoms in total. The lowest BCUT2D eigenvalue weighted by Crippen LogP contribution is -2.18. The highest BCUT2D eigenvalue weighted by Gasteiger charge is 2.14. The summed E-state index contributed by atoms with van der Waals surface area (Å²) < 4.78 is 5.14. The lowest BCUT2D eigenvalue weighted by molar-refractivity contribution is -0.116. The quantitative estimate of drug-likeness (QED) is 0.786. The molecule has 18 heavy (non-hydrogen) atoms. The van der Waals surface area contributed by atoms with Gasteiger partial charge < -0.3 is 20.1 Å². The third kappa shape index (κ3) is 3.59. The number of aliphatic hydroxyl groups excluding tert-OH is 1. The maximum Gasteiger partial charge on any atom is 0.239 e. The van der Waals surface area contributed by atoms with Gasteiger partial charge in [-0.05, 0) is 12.5 Å². The second-order valence-electron chi connectivity index (χ2n) is 3.98. The highest BCUT2D eigenvalue weighted by atomic mass is 16.5. The Morgan fingerprint density at radius 2 is 2.28 bits per heavy atom. The van der Waals surface area contributed by atoms with Crippen LogP contribution >= 0.6 is 0 Å². The van der Waals surface area contributed by atoms with Gasteiger partial charge in [0.2, 0.25) is 11.8 Å². The van der Waals surface area contributed by atoms with Gasteiger partial charge in [-0.3, -0.25) is 4.79 Å². The summed E-state index contributed by atoms with van der Waals surface area (Å²) in [4.78, 5) is 17.6. The van der Waals surface area contributed by atoms with E-state index in [-0.39, 0.29) is 18.9 Å². The number of ether oxygens (including phenoxy) is 1. The Morgan fingerprint density at radius 1 is 1.56 bits per heavy atom. The zero-order valence-electron chi connectivity index (χ0n) is 10.9. The number of anilines is 2. The van der Waals surface area contributed by atoms with Crippen molar-refractivity contribution in [2.75, 3.05) is 38.0 Å². The summed E-state index contributed by atoms with van der Waals surface area (Å²) in [7, 11) is 5.25. The van der Waals surface area contributed by atoms with E-state index in [0.29, 0.717) is 18.0 Å². The van der Waals surface area contributed by atoms with Gasteiger partial charge in [-0.15, -0.1) is 0 Å². The normalized spacial score (nSPS) is 10.0. The Balaban J connectivity index is 2.94. The molecule has 0 radical (unpaired) electrons. The summed E-state index contributed by atoms with van der Waals surface area (Å²) in [6.07, 6.45) is 2.32. The van der Waals surface area contributed by atoms with Gasteiger partial charge in [0, 0.05) is 33.3 Å². The molecule has 1 amide bonds. The van der Waals surface area contributed by atoms with E-state index in [1.54, 1.807) is 12.3 Å². The Bertz CT molecular complexity index is 408. The molecule has 0 saturated carbocycles. The predicted octanol–water partition coefficient (Wildman–Crippen LogP) is 0.867. The van der Waals surface area contributed by atoms with Gasteiger partial charge in [0.05, 0.1) is 12.8 Å². The Morgan fingerprint density at radius 3 is 2.83 bits per heavy atom. The van der Waals surface area contributed by atoms with E-state index in [4.69, 9.17) is 9.84 Å². The first-order valence-corrected chi connectivity index (χ1v) is 5.71. The van der Waals surface area contributed by atoms with Crippen LogP contribution in [0.4, 0.5) is 11.4 Å². The average molecular weight is 253 g/mol. The van der Waals surface area contributed by atoms with Crippen LogP contribution in [0.5, 0.6) is 5.88 Å². The van der Waals surface area contributed by atoms with Crippen molar-refractivity contribution in [2.24, 2.45) is 0 Å². The van der Waals surface area contributed by atoms with E-state index < -0.39 is 0 Å². The van der Waals surface area contributed by atoms with Crippen LogP contribution in [-0.4, -0.2) is 43.8 Å². The van der Waals surface area contributed by atoms with E-state index in [2.05, 4.69) is 10.3 Å². The molecule has 0 aliphatic rings. The van der Waals surface area contributed by atoms with E-state index >= 15 is 0 Å². The number of hydrogen-bond acceptors (Lipinski definition) is 5. The molecule has 6 heteroatoms. The molecular weight excluding hydrogens is 234 g/mol. The van der Waals surface area contributed by atoms with Crippen LogP contribution in [0, 0.1) is 0 Å². The fraction of sp³-hybridized carbons (Fsp3) is 0.500. The number of aliphatic hydroxyl groups is 1. The Hall–Kier alpha value is -1.82. The summed E-state index contributed by atoms with van der Waals surface area (Å²) in [5.41, 5.74) is 1.37. The summed E-state index contributed by atoms with van der Waals surface area (Å²) >= 11 is 0. The standard InChI is InChI=1S/C12H19N3O3/c1-15(2)9-6-7-13-12(18-3)11(9)14-10(17)5-4-8-16/h6-7,16H,4-5,8H2,1-3H3,(H,14,17). The number of nitrogens with one attached hydrogen (secondary N) is 1. The fourth-order valence-electron chi connectivity index (χ4n) is 1.52. The number of aromatic nitrogens is 1. The number of carbonyl (C=O) groups excluding carboxylic acids is 1. The zero-order valence-corrected chi connectivity index (χ0v) is 10.9. The number of nitrogens with zero attached hydrogens (tertiary/aromatic N) is 2.